The molecule has 0 aromatic carbocycles. The summed E-state index contributed by atoms with van der Waals surface area (Å²) in [5.41, 5.74) is 0.946. The van der Waals surface area contributed by atoms with Crippen LogP contribution in [-0.2, 0) is 9.59 Å². The number of aromatic nitrogens is 2. The van der Waals surface area contributed by atoms with E-state index in [0.29, 0.717) is 36.3 Å². The van der Waals surface area contributed by atoms with Gasteiger partial charge in [-0.2, -0.15) is 0 Å². The maximum atomic E-state index is 12.0. The summed E-state index contributed by atoms with van der Waals surface area (Å²) in [6, 6.07) is 6.77. The fourth-order valence-electron chi connectivity index (χ4n) is 2.11. The van der Waals surface area contributed by atoms with E-state index in [2.05, 4.69) is 20.6 Å². The predicted octanol–water partition coefficient (Wildman–Crippen LogP) is 2.96. The Morgan fingerprint density at radius 3 is 1.68 bits per heavy atom. The van der Waals surface area contributed by atoms with Crippen molar-refractivity contribution in [1.82, 2.24) is 9.97 Å². The molecule has 0 aliphatic heterocycles. The smallest absolute Gasteiger partial charge is 0.248 e. The largest absolute Gasteiger partial charge is 0.476 e. The summed E-state index contributed by atoms with van der Waals surface area (Å²) in [7, 11) is 0. The summed E-state index contributed by atoms with van der Waals surface area (Å²) in [4.78, 5) is 32.1. The van der Waals surface area contributed by atoms with E-state index in [1.54, 1.807) is 36.7 Å². The lowest BCUT2D eigenvalue weighted by atomic mass is 10.3. The highest BCUT2D eigenvalue weighted by Gasteiger charge is 2.07. The van der Waals surface area contributed by atoms with Gasteiger partial charge in [-0.25, -0.2) is 9.97 Å². The highest BCUT2D eigenvalue weighted by molar-refractivity contribution is 6.01. The molecule has 146 valence electrons. The van der Waals surface area contributed by atoms with Crippen LogP contribution in [0.2, 0.25) is 0 Å². The minimum absolute atomic E-state index is 0.350. The van der Waals surface area contributed by atoms with Gasteiger partial charge >= 0.3 is 0 Å². The Hall–Kier alpha value is -3.68. The summed E-state index contributed by atoms with van der Waals surface area (Å²) in [5, 5.41) is 5.34. The number of pyridine rings is 2. The predicted molar refractivity (Wildman–Crippen MR) is 106 cm³/mol. The van der Waals surface area contributed by atoms with E-state index in [0.717, 1.165) is 0 Å². The van der Waals surface area contributed by atoms with Gasteiger partial charge in [0, 0.05) is 24.5 Å². The zero-order valence-electron chi connectivity index (χ0n) is 15.7. The summed E-state index contributed by atoms with van der Waals surface area (Å²) >= 11 is 0. The second-order valence-electron chi connectivity index (χ2n) is 5.27. The van der Waals surface area contributed by atoms with E-state index >= 15 is 0 Å². The van der Waals surface area contributed by atoms with Gasteiger partial charge in [0.05, 0.1) is 13.2 Å². The van der Waals surface area contributed by atoms with Crippen LogP contribution in [0.25, 0.3) is 0 Å². The number of hydrogen-bond donors (Lipinski definition) is 2. The number of amides is 2. The third-order valence-electron chi connectivity index (χ3n) is 3.23. The molecule has 0 fully saturated rings. The summed E-state index contributed by atoms with van der Waals surface area (Å²) in [6.07, 6.45) is 8.66. The number of rotatable bonds is 9. The number of ether oxygens (including phenoxy) is 2. The Morgan fingerprint density at radius 2 is 1.29 bits per heavy atom. The van der Waals surface area contributed by atoms with E-state index < -0.39 is 0 Å². The van der Waals surface area contributed by atoms with Crippen molar-refractivity contribution in [1.29, 1.82) is 0 Å². The van der Waals surface area contributed by atoms with Gasteiger partial charge in [-0.15, -0.1) is 0 Å². The first kappa shape index (κ1) is 20.6. The van der Waals surface area contributed by atoms with Crippen LogP contribution >= 0.6 is 0 Å². The topological polar surface area (TPSA) is 102 Å². The first-order chi connectivity index (χ1) is 13.6. The normalized spacial score (nSPS) is 10.8. The number of carbonyl (C=O) groups is 2. The molecule has 0 unspecified atom stereocenters. The second kappa shape index (κ2) is 11.1. The maximum absolute atomic E-state index is 12.0. The Labute approximate surface area is 163 Å². The Morgan fingerprint density at radius 1 is 0.857 bits per heavy atom. The highest BCUT2D eigenvalue weighted by Crippen LogP contribution is 2.21. The van der Waals surface area contributed by atoms with Crippen LogP contribution in [0.4, 0.5) is 11.4 Å². The Balaban J connectivity index is 1.89. The number of nitrogens with one attached hydrogen (secondary N) is 2. The number of hydrogen-bond acceptors (Lipinski definition) is 6. The molecule has 8 nitrogen and oxygen atoms in total. The molecule has 2 aromatic heterocycles. The lowest BCUT2D eigenvalue weighted by Gasteiger charge is -2.08. The van der Waals surface area contributed by atoms with E-state index in [4.69, 9.17) is 9.47 Å². The molecule has 8 heteroatoms. The van der Waals surface area contributed by atoms with Crippen LogP contribution in [0.1, 0.15) is 13.8 Å². The molecule has 0 aliphatic carbocycles. The van der Waals surface area contributed by atoms with Crippen molar-refractivity contribution in [2.45, 2.75) is 13.8 Å². The monoisotopic (exact) mass is 382 g/mol. The zero-order chi connectivity index (χ0) is 20.2. The molecule has 0 aliphatic rings. The molecule has 0 spiro atoms. The molecule has 2 N–H and O–H groups in total. The van der Waals surface area contributed by atoms with Crippen molar-refractivity contribution in [2.24, 2.45) is 0 Å². The van der Waals surface area contributed by atoms with Crippen LogP contribution in [-0.4, -0.2) is 35.0 Å². The second-order valence-corrected chi connectivity index (χ2v) is 5.27. The average Bonchev–Trinajstić information content (AvgIpc) is 2.69. The van der Waals surface area contributed by atoms with Gasteiger partial charge in [0.2, 0.25) is 23.6 Å². The number of anilines is 2. The van der Waals surface area contributed by atoms with E-state index in [1.807, 2.05) is 13.8 Å². The van der Waals surface area contributed by atoms with Gasteiger partial charge in [-0.3, -0.25) is 9.59 Å². The van der Waals surface area contributed by atoms with Gasteiger partial charge in [0.1, 0.15) is 11.4 Å². The minimum atomic E-state index is -0.370. The maximum Gasteiger partial charge on any atom is 0.248 e. The van der Waals surface area contributed by atoms with Crippen molar-refractivity contribution >= 4 is 23.2 Å². The van der Waals surface area contributed by atoms with Crippen molar-refractivity contribution in [2.75, 3.05) is 23.8 Å². The lowest BCUT2D eigenvalue weighted by molar-refractivity contribution is -0.112. The molecule has 2 amide bonds. The molecular formula is C20H22N4O4. The van der Waals surface area contributed by atoms with Crippen LogP contribution in [0, 0.1) is 0 Å². The third kappa shape index (κ3) is 6.56. The number of allylic oxidation sites excluding steroid dienone is 2. The van der Waals surface area contributed by atoms with Crippen molar-refractivity contribution < 1.29 is 19.1 Å². The standard InChI is InChI=1S/C20H22N4O4/c1-3-27-19-15(9-7-13-21-19)23-17(25)11-5-6-12-18(26)24-16-10-8-14-22-20(16)28-4-2/h5-14H,3-4H2,1-2H3,(H,23,25)(H,24,26)/b11-5+,12-6+. The van der Waals surface area contributed by atoms with Gasteiger partial charge in [-0.05, 0) is 38.1 Å². The molecular weight excluding hydrogens is 360 g/mol. The minimum Gasteiger partial charge on any atom is -0.476 e. The van der Waals surface area contributed by atoms with E-state index in [9.17, 15) is 9.59 Å². The molecule has 2 aromatic rings. The summed E-state index contributed by atoms with van der Waals surface area (Å²) in [5.74, 6) is -0.0405. The highest BCUT2D eigenvalue weighted by atomic mass is 16.5. The van der Waals surface area contributed by atoms with Gasteiger partial charge in [-0.1, -0.05) is 12.2 Å². The summed E-state index contributed by atoms with van der Waals surface area (Å²) in [6.45, 7) is 4.54. The van der Waals surface area contributed by atoms with E-state index in [1.165, 1.54) is 24.3 Å². The Kier molecular flexibility index (Phi) is 8.19. The van der Waals surface area contributed by atoms with Crippen LogP contribution < -0.4 is 20.1 Å². The molecule has 0 radical (unpaired) electrons. The molecule has 0 bridgehead atoms. The molecule has 28 heavy (non-hydrogen) atoms. The molecule has 0 saturated heterocycles. The molecule has 0 saturated carbocycles. The Bertz CT molecular complexity index is 793. The SMILES string of the molecule is CCOc1ncccc1NC(=O)/C=C/C=C/C(=O)Nc1cccnc1OCC. The van der Waals surface area contributed by atoms with Gasteiger partial charge in [0.15, 0.2) is 0 Å². The van der Waals surface area contributed by atoms with Crippen molar-refractivity contribution in [3.8, 4) is 11.8 Å². The van der Waals surface area contributed by atoms with Crippen LogP contribution in [0.15, 0.2) is 61.0 Å². The summed E-state index contributed by atoms with van der Waals surface area (Å²) < 4.78 is 10.7. The van der Waals surface area contributed by atoms with Crippen LogP contribution in [0.3, 0.4) is 0 Å². The first-order valence-corrected chi connectivity index (χ1v) is 8.76. The first-order valence-electron chi connectivity index (χ1n) is 8.76. The van der Waals surface area contributed by atoms with Gasteiger partial charge < -0.3 is 20.1 Å². The zero-order valence-corrected chi connectivity index (χ0v) is 15.7. The van der Waals surface area contributed by atoms with E-state index in [-0.39, 0.29) is 11.8 Å². The number of carbonyl (C=O) groups excluding carboxylic acids is 2. The van der Waals surface area contributed by atoms with Crippen molar-refractivity contribution in [3.63, 3.8) is 0 Å². The molecule has 0 atom stereocenters. The van der Waals surface area contributed by atoms with Crippen molar-refractivity contribution in [3.05, 3.63) is 61.0 Å². The molecule has 2 heterocycles. The lowest BCUT2D eigenvalue weighted by Crippen LogP contribution is -2.10. The fourth-order valence-corrected chi connectivity index (χ4v) is 2.11. The molecule has 2 rings (SSSR count). The fraction of sp³-hybridized carbons (Fsp3) is 0.200. The quantitative estimate of drug-likeness (QED) is 0.511. The van der Waals surface area contributed by atoms with Gasteiger partial charge in [0.25, 0.3) is 0 Å². The van der Waals surface area contributed by atoms with Crippen LogP contribution in [0.5, 0.6) is 11.8 Å². The number of nitrogens with zero attached hydrogens (tertiary/aromatic N) is 2. The average molecular weight is 382 g/mol. The third-order valence-corrected chi connectivity index (χ3v) is 3.23.